The van der Waals surface area contributed by atoms with Crippen LogP contribution in [0.3, 0.4) is 0 Å². The van der Waals surface area contributed by atoms with Gasteiger partial charge in [0.05, 0.1) is 0 Å². The molecule has 1 aromatic carbocycles. The summed E-state index contributed by atoms with van der Waals surface area (Å²) in [6.45, 7) is 2.81. The summed E-state index contributed by atoms with van der Waals surface area (Å²) in [5.41, 5.74) is 0.613. The van der Waals surface area contributed by atoms with Gasteiger partial charge in [0.25, 0.3) is 5.91 Å². The number of fused-ring (bicyclic) bond motifs is 1. The van der Waals surface area contributed by atoms with Crippen molar-refractivity contribution >= 4 is 18.3 Å². The van der Waals surface area contributed by atoms with E-state index < -0.39 is 0 Å². The van der Waals surface area contributed by atoms with Gasteiger partial charge in [-0.25, -0.2) is 0 Å². The first-order valence-corrected chi connectivity index (χ1v) is 6.74. The zero-order valence-electron chi connectivity index (χ0n) is 11.2. The molecule has 6 heteroatoms. The number of carbonyl (C=O) groups excluding carboxylic acids is 1. The molecule has 1 aromatic rings. The molecule has 3 rings (SSSR count). The lowest BCUT2D eigenvalue weighted by Gasteiger charge is -2.19. The molecule has 1 unspecified atom stereocenters. The highest BCUT2D eigenvalue weighted by atomic mass is 35.5. The predicted molar refractivity (Wildman–Crippen MR) is 78.0 cm³/mol. The van der Waals surface area contributed by atoms with Crippen LogP contribution in [0.1, 0.15) is 23.2 Å². The first-order chi connectivity index (χ1) is 9.33. The van der Waals surface area contributed by atoms with Crippen molar-refractivity contribution in [3.05, 3.63) is 23.8 Å². The Hall–Kier alpha value is -1.46. The van der Waals surface area contributed by atoms with E-state index in [0.717, 1.165) is 13.0 Å². The summed E-state index contributed by atoms with van der Waals surface area (Å²) < 4.78 is 10.9. The monoisotopic (exact) mass is 298 g/mol. The smallest absolute Gasteiger partial charge is 0.251 e. The van der Waals surface area contributed by atoms with Gasteiger partial charge in [0.1, 0.15) is 13.2 Å². The average molecular weight is 299 g/mol. The highest BCUT2D eigenvalue weighted by Crippen LogP contribution is 2.30. The van der Waals surface area contributed by atoms with Crippen LogP contribution in [0.5, 0.6) is 11.5 Å². The molecular formula is C14H19ClN2O3. The Morgan fingerprint density at radius 1 is 1.30 bits per heavy atom. The van der Waals surface area contributed by atoms with E-state index in [1.54, 1.807) is 18.2 Å². The van der Waals surface area contributed by atoms with Crippen LogP contribution in [0.2, 0.25) is 0 Å². The van der Waals surface area contributed by atoms with Crippen LogP contribution in [-0.4, -0.2) is 38.3 Å². The predicted octanol–water partition coefficient (Wildman–Crippen LogP) is 1.36. The van der Waals surface area contributed by atoms with Gasteiger partial charge in [-0.3, -0.25) is 4.79 Å². The highest BCUT2D eigenvalue weighted by Gasteiger charge is 2.17. The normalized spacial score (nSPS) is 20.1. The van der Waals surface area contributed by atoms with Crippen LogP contribution >= 0.6 is 12.4 Å². The summed E-state index contributed by atoms with van der Waals surface area (Å²) in [4.78, 5) is 12.1. The van der Waals surface area contributed by atoms with Crippen LogP contribution in [-0.2, 0) is 0 Å². The van der Waals surface area contributed by atoms with Gasteiger partial charge < -0.3 is 20.1 Å². The van der Waals surface area contributed by atoms with Crippen LogP contribution in [0.25, 0.3) is 0 Å². The van der Waals surface area contributed by atoms with Crippen molar-refractivity contribution in [1.29, 1.82) is 0 Å². The van der Waals surface area contributed by atoms with E-state index in [4.69, 9.17) is 9.47 Å². The lowest BCUT2D eigenvalue weighted by atomic mass is 10.1. The summed E-state index contributed by atoms with van der Waals surface area (Å²) >= 11 is 0. The number of carbonyl (C=O) groups is 1. The molecule has 2 N–H and O–H groups in total. The summed E-state index contributed by atoms with van der Waals surface area (Å²) in [5, 5.41) is 6.30. The minimum absolute atomic E-state index is 0. The SMILES string of the molecule is Cl.O=C(NCC1CCCN1)c1ccc2c(c1)OCCO2. The number of nitrogens with one attached hydrogen (secondary N) is 2. The second-order valence-corrected chi connectivity index (χ2v) is 4.86. The summed E-state index contributed by atoms with van der Waals surface area (Å²) in [6, 6.07) is 5.70. The molecule has 0 aliphatic carbocycles. The van der Waals surface area contributed by atoms with Crippen LogP contribution in [0.4, 0.5) is 0 Å². The molecule has 0 aromatic heterocycles. The maximum atomic E-state index is 12.1. The van der Waals surface area contributed by atoms with Crippen LogP contribution < -0.4 is 20.1 Å². The van der Waals surface area contributed by atoms with Crippen molar-refractivity contribution in [2.75, 3.05) is 26.3 Å². The molecular weight excluding hydrogens is 280 g/mol. The third-order valence-electron chi connectivity index (χ3n) is 3.48. The van der Waals surface area contributed by atoms with Gasteiger partial charge in [-0.2, -0.15) is 0 Å². The Kier molecular flexibility index (Phi) is 5.09. The van der Waals surface area contributed by atoms with Crippen LogP contribution in [0.15, 0.2) is 18.2 Å². The first-order valence-electron chi connectivity index (χ1n) is 6.74. The second-order valence-electron chi connectivity index (χ2n) is 4.86. The molecule has 20 heavy (non-hydrogen) atoms. The molecule has 2 aliphatic heterocycles. The Morgan fingerprint density at radius 2 is 2.10 bits per heavy atom. The quantitative estimate of drug-likeness (QED) is 0.885. The maximum Gasteiger partial charge on any atom is 0.251 e. The molecule has 1 amide bonds. The highest BCUT2D eigenvalue weighted by molar-refractivity contribution is 5.94. The van der Waals surface area contributed by atoms with Gasteiger partial charge in [0.2, 0.25) is 0 Å². The molecule has 0 spiro atoms. The summed E-state index contributed by atoms with van der Waals surface area (Å²) in [6.07, 6.45) is 2.31. The van der Waals surface area contributed by atoms with E-state index in [-0.39, 0.29) is 18.3 Å². The molecule has 110 valence electrons. The summed E-state index contributed by atoms with van der Waals surface area (Å²) in [5.74, 6) is 1.30. The molecule has 0 radical (unpaired) electrons. The third-order valence-corrected chi connectivity index (χ3v) is 3.48. The van der Waals surface area contributed by atoms with E-state index in [2.05, 4.69) is 10.6 Å². The topological polar surface area (TPSA) is 59.6 Å². The van der Waals surface area contributed by atoms with Crippen LogP contribution in [0, 0.1) is 0 Å². The molecule has 2 heterocycles. The average Bonchev–Trinajstić information content (AvgIpc) is 2.97. The zero-order valence-corrected chi connectivity index (χ0v) is 12.0. The fourth-order valence-corrected chi connectivity index (χ4v) is 2.43. The van der Waals surface area contributed by atoms with E-state index in [1.807, 2.05) is 0 Å². The van der Waals surface area contributed by atoms with Crippen molar-refractivity contribution in [1.82, 2.24) is 10.6 Å². The lowest BCUT2D eigenvalue weighted by Crippen LogP contribution is -2.37. The lowest BCUT2D eigenvalue weighted by molar-refractivity contribution is 0.0949. The molecule has 0 saturated carbocycles. The van der Waals surface area contributed by atoms with Crippen molar-refractivity contribution in [2.24, 2.45) is 0 Å². The van der Waals surface area contributed by atoms with E-state index >= 15 is 0 Å². The van der Waals surface area contributed by atoms with Gasteiger partial charge in [-0.05, 0) is 37.6 Å². The number of rotatable bonds is 3. The Morgan fingerprint density at radius 3 is 2.85 bits per heavy atom. The Labute approximate surface area is 124 Å². The third kappa shape index (κ3) is 3.35. The number of amides is 1. The fourth-order valence-electron chi connectivity index (χ4n) is 2.43. The standard InChI is InChI=1S/C14H18N2O3.ClH/c17-14(16-9-11-2-1-5-15-11)10-3-4-12-13(8-10)19-7-6-18-12;/h3-4,8,11,15H,1-2,5-7,9H2,(H,16,17);1H. The number of ether oxygens (including phenoxy) is 2. The minimum atomic E-state index is -0.0642. The van der Waals surface area contributed by atoms with Gasteiger partial charge in [0.15, 0.2) is 11.5 Å². The molecule has 1 atom stereocenters. The zero-order chi connectivity index (χ0) is 13.1. The van der Waals surface area contributed by atoms with E-state index in [0.29, 0.717) is 42.9 Å². The molecule has 2 aliphatic rings. The second kappa shape index (κ2) is 6.81. The van der Waals surface area contributed by atoms with Crippen molar-refractivity contribution in [3.63, 3.8) is 0 Å². The summed E-state index contributed by atoms with van der Waals surface area (Å²) in [7, 11) is 0. The van der Waals surface area contributed by atoms with Crippen molar-refractivity contribution < 1.29 is 14.3 Å². The number of hydrogen-bond donors (Lipinski definition) is 2. The minimum Gasteiger partial charge on any atom is -0.486 e. The van der Waals surface area contributed by atoms with Crippen molar-refractivity contribution in [2.45, 2.75) is 18.9 Å². The molecule has 5 nitrogen and oxygen atoms in total. The molecule has 1 fully saturated rings. The van der Waals surface area contributed by atoms with Crippen molar-refractivity contribution in [3.8, 4) is 11.5 Å². The Bertz CT molecular complexity index is 475. The number of hydrogen-bond acceptors (Lipinski definition) is 4. The van der Waals surface area contributed by atoms with E-state index in [1.165, 1.54) is 6.42 Å². The van der Waals surface area contributed by atoms with Gasteiger partial charge in [-0.1, -0.05) is 0 Å². The molecule has 1 saturated heterocycles. The van der Waals surface area contributed by atoms with E-state index in [9.17, 15) is 4.79 Å². The van der Waals surface area contributed by atoms with Gasteiger partial charge in [-0.15, -0.1) is 12.4 Å². The fraction of sp³-hybridized carbons (Fsp3) is 0.500. The maximum absolute atomic E-state index is 12.1. The molecule has 0 bridgehead atoms. The first kappa shape index (κ1) is 14.9. The Balaban J connectivity index is 0.00000147. The largest absolute Gasteiger partial charge is 0.486 e. The number of benzene rings is 1. The van der Waals surface area contributed by atoms with Gasteiger partial charge >= 0.3 is 0 Å². The van der Waals surface area contributed by atoms with Gasteiger partial charge in [0, 0.05) is 18.2 Å². The number of halogens is 1.